The Morgan fingerprint density at radius 1 is 1.10 bits per heavy atom. The minimum Gasteiger partial charge on any atom is -0.207 e. The van der Waals surface area contributed by atoms with Crippen LogP contribution in [0.3, 0.4) is 0 Å². The van der Waals surface area contributed by atoms with E-state index < -0.39 is 11.6 Å². The van der Waals surface area contributed by atoms with Gasteiger partial charge < -0.3 is 0 Å². The Balaban J connectivity index is 2.41. The molecule has 0 amide bonds. The zero-order chi connectivity index (χ0) is 14.5. The monoisotopic (exact) mass is 307 g/mol. The zero-order valence-electron chi connectivity index (χ0n) is 10.7. The number of halogens is 2. The number of hydrogen-bond donors (Lipinski definition) is 0. The van der Waals surface area contributed by atoms with Gasteiger partial charge >= 0.3 is 0 Å². The second-order valence-electron chi connectivity index (χ2n) is 3.85. The number of benzene rings is 2. The minimum absolute atomic E-state index is 0.181. The van der Waals surface area contributed by atoms with Gasteiger partial charge in [-0.3, -0.25) is 0 Å². The molecule has 0 aliphatic rings. The first-order valence-corrected chi connectivity index (χ1v) is 7.74. The van der Waals surface area contributed by atoms with Crippen molar-refractivity contribution in [2.45, 2.75) is 21.6 Å². The molecule has 2 aromatic carbocycles. The van der Waals surface area contributed by atoms with Crippen LogP contribution in [0.15, 0.2) is 51.1 Å². The van der Waals surface area contributed by atoms with Gasteiger partial charge in [-0.25, -0.2) is 8.78 Å². The summed E-state index contributed by atoms with van der Waals surface area (Å²) >= 11 is 2.62. The normalized spacial score (nSPS) is 10.3. The van der Waals surface area contributed by atoms with E-state index in [1.54, 1.807) is 17.8 Å². The summed E-state index contributed by atoms with van der Waals surface area (Å²) < 4.78 is 26.8. The topological polar surface area (TPSA) is 23.8 Å². The van der Waals surface area contributed by atoms with Gasteiger partial charge in [0.25, 0.3) is 0 Å². The van der Waals surface area contributed by atoms with Gasteiger partial charge in [0, 0.05) is 9.79 Å². The van der Waals surface area contributed by atoms with Crippen molar-refractivity contribution >= 4 is 23.5 Å². The van der Waals surface area contributed by atoms with Crippen molar-refractivity contribution in [2.75, 3.05) is 5.75 Å². The Bertz CT molecular complexity index is 665. The first kappa shape index (κ1) is 14.9. The molecule has 0 saturated carbocycles. The van der Waals surface area contributed by atoms with Gasteiger partial charge in [-0.05, 0) is 36.1 Å². The molecule has 0 saturated heterocycles. The van der Waals surface area contributed by atoms with Crippen LogP contribution in [0, 0.1) is 23.0 Å². The van der Waals surface area contributed by atoms with Crippen LogP contribution >= 0.6 is 23.5 Å². The number of nitriles is 1. The second-order valence-corrected chi connectivity index (χ2v) is 6.24. The van der Waals surface area contributed by atoms with Crippen LogP contribution in [-0.2, 0) is 0 Å². The maximum atomic E-state index is 13.7. The molecule has 0 N–H and O–H groups in total. The van der Waals surface area contributed by atoms with Crippen molar-refractivity contribution < 1.29 is 8.78 Å². The molecular formula is C15H11F2NS2. The Morgan fingerprint density at radius 3 is 2.55 bits per heavy atom. The summed E-state index contributed by atoms with van der Waals surface area (Å²) in [4.78, 5) is 1.67. The van der Waals surface area contributed by atoms with E-state index in [-0.39, 0.29) is 4.90 Å². The van der Waals surface area contributed by atoms with Gasteiger partial charge in [0.05, 0.1) is 10.5 Å². The van der Waals surface area contributed by atoms with E-state index in [4.69, 9.17) is 0 Å². The highest BCUT2D eigenvalue weighted by Gasteiger charge is 2.12. The van der Waals surface area contributed by atoms with E-state index in [2.05, 4.69) is 6.07 Å². The van der Waals surface area contributed by atoms with E-state index in [9.17, 15) is 14.0 Å². The first-order valence-electron chi connectivity index (χ1n) is 5.94. The number of rotatable bonds is 4. The van der Waals surface area contributed by atoms with Crippen LogP contribution in [0.25, 0.3) is 0 Å². The number of hydrogen-bond acceptors (Lipinski definition) is 3. The highest BCUT2D eigenvalue weighted by Crippen LogP contribution is 2.36. The van der Waals surface area contributed by atoms with Gasteiger partial charge in [-0.1, -0.05) is 24.8 Å². The average molecular weight is 307 g/mol. The van der Waals surface area contributed by atoms with Crippen molar-refractivity contribution in [3.05, 3.63) is 53.6 Å². The molecule has 2 aromatic rings. The van der Waals surface area contributed by atoms with E-state index >= 15 is 0 Å². The molecule has 5 heteroatoms. The third-order valence-corrected chi connectivity index (χ3v) is 4.55. The standard InChI is InChI=1S/C15H11F2NS2/c1-2-19-13-4-3-5-14(11(13)9-18)20-15-8-10(16)6-7-12(15)17/h3-8H,2H2,1H3. The third-order valence-electron chi connectivity index (χ3n) is 2.51. The second kappa shape index (κ2) is 6.78. The summed E-state index contributed by atoms with van der Waals surface area (Å²) in [5, 5.41) is 9.28. The summed E-state index contributed by atoms with van der Waals surface area (Å²) in [6, 6.07) is 10.9. The summed E-state index contributed by atoms with van der Waals surface area (Å²) in [5.41, 5.74) is 0.507. The van der Waals surface area contributed by atoms with Crippen LogP contribution in [-0.4, -0.2) is 5.75 Å². The third kappa shape index (κ3) is 3.33. The molecular weight excluding hydrogens is 296 g/mol. The van der Waals surface area contributed by atoms with Gasteiger partial charge in [-0.2, -0.15) is 5.26 Å². The number of nitrogens with zero attached hydrogens (tertiary/aromatic N) is 1. The Hall–Kier alpha value is -1.51. The SMILES string of the molecule is CCSc1cccc(Sc2cc(F)ccc2F)c1C#N. The minimum atomic E-state index is -0.494. The molecule has 102 valence electrons. The van der Waals surface area contributed by atoms with Crippen LogP contribution in [0.4, 0.5) is 8.78 Å². The largest absolute Gasteiger partial charge is 0.207 e. The van der Waals surface area contributed by atoms with Crippen molar-refractivity contribution in [3.63, 3.8) is 0 Å². The molecule has 0 aromatic heterocycles. The summed E-state index contributed by atoms with van der Waals surface area (Å²) in [6.45, 7) is 2.00. The zero-order valence-corrected chi connectivity index (χ0v) is 12.3. The van der Waals surface area contributed by atoms with Gasteiger partial charge in [0.2, 0.25) is 0 Å². The Labute approximate surface area is 125 Å². The van der Waals surface area contributed by atoms with E-state index in [1.807, 2.05) is 19.1 Å². The molecule has 20 heavy (non-hydrogen) atoms. The summed E-state index contributed by atoms with van der Waals surface area (Å²) in [5.74, 6) is -0.141. The lowest BCUT2D eigenvalue weighted by atomic mass is 10.2. The van der Waals surface area contributed by atoms with E-state index in [0.717, 1.165) is 40.6 Å². The lowest BCUT2D eigenvalue weighted by Crippen LogP contribution is -1.88. The predicted octanol–water partition coefficient (Wildman–Crippen LogP) is 5.10. The smallest absolute Gasteiger partial charge is 0.137 e. The van der Waals surface area contributed by atoms with Crippen LogP contribution in [0.5, 0.6) is 0 Å². The quantitative estimate of drug-likeness (QED) is 0.734. The van der Waals surface area contributed by atoms with E-state index in [0.29, 0.717) is 10.5 Å². The lowest BCUT2D eigenvalue weighted by Gasteiger charge is -2.08. The van der Waals surface area contributed by atoms with Crippen molar-refractivity contribution in [1.82, 2.24) is 0 Å². The number of thioether (sulfide) groups is 1. The maximum Gasteiger partial charge on any atom is 0.137 e. The van der Waals surface area contributed by atoms with Gasteiger partial charge in [-0.15, -0.1) is 11.8 Å². The molecule has 0 aliphatic heterocycles. The maximum absolute atomic E-state index is 13.7. The summed E-state index contributed by atoms with van der Waals surface area (Å²) in [6.07, 6.45) is 0. The van der Waals surface area contributed by atoms with Crippen molar-refractivity contribution in [2.24, 2.45) is 0 Å². The van der Waals surface area contributed by atoms with Crippen molar-refractivity contribution in [3.8, 4) is 6.07 Å². The van der Waals surface area contributed by atoms with Crippen molar-refractivity contribution in [1.29, 1.82) is 5.26 Å². The van der Waals surface area contributed by atoms with Crippen LogP contribution in [0.2, 0.25) is 0 Å². The molecule has 0 radical (unpaired) electrons. The van der Waals surface area contributed by atoms with Crippen LogP contribution < -0.4 is 0 Å². The molecule has 0 aliphatic carbocycles. The lowest BCUT2D eigenvalue weighted by molar-refractivity contribution is 0.577. The average Bonchev–Trinajstić information content (AvgIpc) is 2.43. The fraction of sp³-hybridized carbons (Fsp3) is 0.133. The van der Waals surface area contributed by atoms with Crippen LogP contribution in [0.1, 0.15) is 12.5 Å². The molecule has 0 fully saturated rings. The molecule has 0 unspecified atom stereocenters. The molecule has 2 rings (SSSR count). The van der Waals surface area contributed by atoms with E-state index in [1.165, 1.54) is 0 Å². The van der Waals surface area contributed by atoms with Gasteiger partial charge in [0.1, 0.15) is 17.7 Å². The predicted molar refractivity (Wildman–Crippen MR) is 78.0 cm³/mol. The summed E-state index contributed by atoms with van der Waals surface area (Å²) in [7, 11) is 0. The fourth-order valence-electron chi connectivity index (χ4n) is 1.66. The Morgan fingerprint density at radius 2 is 1.85 bits per heavy atom. The molecule has 0 spiro atoms. The highest BCUT2D eigenvalue weighted by molar-refractivity contribution is 8.00. The highest BCUT2D eigenvalue weighted by atomic mass is 32.2. The molecule has 0 bridgehead atoms. The fourth-order valence-corrected chi connectivity index (χ4v) is 3.48. The molecule has 0 heterocycles. The molecule has 1 nitrogen and oxygen atoms in total. The first-order chi connectivity index (χ1) is 9.65. The Kier molecular flexibility index (Phi) is 5.05. The van der Waals surface area contributed by atoms with Gasteiger partial charge in [0.15, 0.2) is 0 Å². The molecule has 0 atom stereocenters.